The first-order valence-corrected chi connectivity index (χ1v) is 8.67. The van der Waals surface area contributed by atoms with Crippen LogP contribution in [-0.4, -0.2) is 10.9 Å². The fourth-order valence-electron chi connectivity index (χ4n) is 2.56. The van der Waals surface area contributed by atoms with Gasteiger partial charge in [-0.2, -0.15) is 0 Å². The Morgan fingerprint density at radius 2 is 1.67 bits per heavy atom. The first kappa shape index (κ1) is 17.1. The van der Waals surface area contributed by atoms with Gasteiger partial charge in [0.15, 0.2) is 11.5 Å². The summed E-state index contributed by atoms with van der Waals surface area (Å²) in [6.07, 6.45) is 3.77. The molecule has 0 N–H and O–H groups in total. The van der Waals surface area contributed by atoms with Crippen molar-refractivity contribution in [2.75, 3.05) is 0 Å². The van der Waals surface area contributed by atoms with Crippen LogP contribution in [0.1, 0.15) is 27.4 Å². The van der Waals surface area contributed by atoms with E-state index in [1.165, 1.54) is 0 Å². The van der Waals surface area contributed by atoms with Gasteiger partial charge >= 0.3 is 0 Å². The predicted molar refractivity (Wildman–Crippen MR) is 104 cm³/mol. The van der Waals surface area contributed by atoms with Crippen molar-refractivity contribution in [2.45, 2.75) is 0 Å². The highest BCUT2D eigenvalue weighted by Crippen LogP contribution is 2.25. The average molecular weight is 376 g/mol. The SMILES string of the molecule is O=C(c1ccccc1)c1cc(-c2ccc(/C=C/c3ccc(Cl)cc3)o2)on1. The maximum Gasteiger partial charge on any atom is 0.214 e. The van der Waals surface area contributed by atoms with Gasteiger partial charge in [-0.1, -0.05) is 65.3 Å². The van der Waals surface area contributed by atoms with Crippen LogP contribution < -0.4 is 0 Å². The molecular weight excluding hydrogens is 362 g/mol. The molecule has 27 heavy (non-hydrogen) atoms. The van der Waals surface area contributed by atoms with E-state index in [4.69, 9.17) is 20.5 Å². The van der Waals surface area contributed by atoms with Crippen LogP contribution in [0, 0.1) is 0 Å². The number of aromatic nitrogens is 1. The molecule has 0 amide bonds. The number of benzene rings is 2. The Labute approximate surface area is 160 Å². The van der Waals surface area contributed by atoms with Gasteiger partial charge in [-0.3, -0.25) is 4.79 Å². The zero-order valence-corrected chi connectivity index (χ0v) is 14.9. The number of nitrogens with zero attached hydrogens (tertiary/aromatic N) is 1. The maximum absolute atomic E-state index is 12.4. The van der Waals surface area contributed by atoms with Crippen LogP contribution in [0.25, 0.3) is 23.7 Å². The molecule has 2 aromatic carbocycles. The minimum absolute atomic E-state index is 0.194. The van der Waals surface area contributed by atoms with Gasteiger partial charge in [0.1, 0.15) is 5.76 Å². The fourth-order valence-corrected chi connectivity index (χ4v) is 2.69. The molecule has 0 unspecified atom stereocenters. The van der Waals surface area contributed by atoms with E-state index in [1.807, 2.05) is 48.6 Å². The van der Waals surface area contributed by atoms with E-state index in [9.17, 15) is 4.79 Å². The molecule has 132 valence electrons. The second kappa shape index (κ2) is 7.48. The summed E-state index contributed by atoms with van der Waals surface area (Å²) in [6, 6.07) is 21.6. The van der Waals surface area contributed by atoms with Crippen molar-refractivity contribution in [1.29, 1.82) is 0 Å². The molecule has 2 heterocycles. The van der Waals surface area contributed by atoms with E-state index in [0.717, 1.165) is 5.56 Å². The predicted octanol–water partition coefficient (Wildman–Crippen LogP) is 5.99. The van der Waals surface area contributed by atoms with Crippen molar-refractivity contribution < 1.29 is 13.7 Å². The Balaban J connectivity index is 1.51. The zero-order valence-electron chi connectivity index (χ0n) is 14.1. The van der Waals surface area contributed by atoms with Crippen LogP contribution in [0.15, 0.2) is 81.7 Å². The Bertz CT molecular complexity index is 1090. The van der Waals surface area contributed by atoms with Gasteiger partial charge in [0, 0.05) is 16.7 Å². The molecule has 0 radical (unpaired) electrons. The van der Waals surface area contributed by atoms with E-state index in [0.29, 0.717) is 27.9 Å². The molecule has 0 fully saturated rings. The summed E-state index contributed by atoms with van der Waals surface area (Å²) < 4.78 is 11.0. The first-order chi connectivity index (χ1) is 13.2. The second-order valence-corrected chi connectivity index (χ2v) is 6.29. The van der Waals surface area contributed by atoms with Gasteiger partial charge in [0.05, 0.1) is 0 Å². The average Bonchev–Trinajstić information content (AvgIpc) is 3.37. The molecule has 0 saturated heterocycles. The molecule has 5 heteroatoms. The number of carbonyl (C=O) groups excluding carboxylic acids is 1. The molecule has 2 aromatic heterocycles. The van der Waals surface area contributed by atoms with Gasteiger partial charge in [0.25, 0.3) is 0 Å². The van der Waals surface area contributed by atoms with Crippen molar-refractivity contribution in [1.82, 2.24) is 5.16 Å². The molecule has 4 aromatic rings. The molecule has 0 spiro atoms. The first-order valence-electron chi connectivity index (χ1n) is 8.29. The fraction of sp³-hybridized carbons (Fsp3) is 0. The minimum atomic E-state index is -0.194. The van der Waals surface area contributed by atoms with Crippen LogP contribution in [0.4, 0.5) is 0 Å². The largest absolute Gasteiger partial charge is 0.453 e. The number of rotatable bonds is 5. The number of hydrogen-bond donors (Lipinski definition) is 0. The van der Waals surface area contributed by atoms with Gasteiger partial charge < -0.3 is 8.94 Å². The van der Waals surface area contributed by atoms with Crippen LogP contribution in [0.5, 0.6) is 0 Å². The summed E-state index contributed by atoms with van der Waals surface area (Å²) in [6.45, 7) is 0. The normalized spacial score (nSPS) is 11.1. The molecule has 0 aliphatic rings. The molecule has 0 bridgehead atoms. The molecule has 0 atom stereocenters. The van der Waals surface area contributed by atoms with Gasteiger partial charge in [-0.25, -0.2) is 0 Å². The van der Waals surface area contributed by atoms with Crippen molar-refractivity contribution in [3.05, 3.63) is 100 Å². The van der Waals surface area contributed by atoms with Crippen LogP contribution in [0.3, 0.4) is 0 Å². The lowest BCUT2D eigenvalue weighted by Crippen LogP contribution is -2.00. The molecule has 4 rings (SSSR count). The number of halogens is 1. The van der Waals surface area contributed by atoms with E-state index in [1.54, 1.807) is 36.4 Å². The number of ketones is 1. The second-order valence-electron chi connectivity index (χ2n) is 5.86. The van der Waals surface area contributed by atoms with E-state index in [-0.39, 0.29) is 11.5 Å². The number of carbonyl (C=O) groups is 1. The van der Waals surface area contributed by atoms with Crippen LogP contribution >= 0.6 is 11.6 Å². The molecular formula is C22H14ClNO3. The summed E-state index contributed by atoms with van der Waals surface area (Å²) in [5, 5.41) is 4.56. The van der Waals surface area contributed by atoms with Crippen LogP contribution in [-0.2, 0) is 0 Å². The lowest BCUT2D eigenvalue weighted by Gasteiger charge is -1.94. The Morgan fingerprint density at radius 1 is 0.889 bits per heavy atom. The molecule has 4 nitrogen and oxygen atoms in total. The van der Waals surface area contributed by atoms with Crippen molar-refractivity contribution >= 4 is 29.5 Å². The Kier molecular flexibility index (Phi) is 4.73. The standard InChI is InChI=1S/C22H14ClNO3/c23-17-9-6-15(7-10-17)8-11-18-12-13-20(26-18)21-14-19(24-27-21)22(25)16-4-2-1-3-5-16/h1-14H/b11-8+. The third-order valence-corrected chi connectivity index (χ3v) is 4.21. The third-order valence-electron chi connectivity index (χ3n) is 3.96. The summed E-state index contributed by atoms with van der Waals surface area (Å²) in [7, 11) is 0. The monoisotopic (exact) mass is 375 g/mol. The smallest absolute Gasteiger partial charge is 0.214 e. The van der Waals surface area contributed by atoms with Crippen molar-refractivity contribution in [3.63, 3.8) is 0 Å². The van der Waals surface area contributed by atoms with Crippen LogP contribution in [0.2, 0.25) is 5.02 Å². The van der Waals surface area contributed by atoms with E-state index < -0.39 is 0 Å². The van der Waals surface area contributed by atoms with Crippen molar-refractivity contribution in [2.24, 2.45) is 0 Å². The topological polar surface area (TPSA) is 56.2 Å². The zero-order chi connectivity index (χ0) is 18.6. The van der Waals surface area contributed by atoms with Gasteiger partial charge in [-0.05, 0) is 35.9 Å². The summed E-state index contributed by atoms with van der Waals surface area (Å²) in [5.41, 5.74) is 1.81. The van der Waals surface area contributed by atoms with Crippen molar-refractivity contribution in [3.8, 4) is 11.5 Å². The summed E-state index contributed by atoms with van der Waals surface area (Å²) in [4.78, 5) is 12.4. The molecule has 0 aliphatic carbocycles. The lowest BCUT2D eigenvalue weighted by molar-refractivity contribution is 0.103. The Hall–Kier alpha value is -3.37. The Morgan fingerprint density at radius 3 is 2.44 bits per heavy atom. The van der Waals surface area contributed by atoms with E-state index >= 15 is 0 Å². The highest BCUT2D eigenvalue weighted by atomic mass is 35.5. The van der Waals surface area contributed by atoms with Gasteiger partial charge in [0.2, 0.25) is 11.5 Å². The molecule has 0 aliphatic heterocycles. The maximum atomic E-state index is 12.4. The lowest BCUT2D eigenvalue weighted by atomic mass is 10.1. The molecule has 0 saturated carbocycles. The number of furan rings is 1. The third kappa shape index (κ3) is 3.91. The number of hydrogen-bond acceptors (Lipinski definition) is 4. The highest BCUT2D eigenvalue weighted by Gasteiger charge is 2.17. The van der Waals surface area contributed by atoms with E-state index in [2.05, 4.69) is 5.16 Å². The highest BCUT2D eigenvalue weighted by molar-refractivity contribution is 6.30. The summed E-state index contributed by atoms with van der Waals surface area (Å²) in [5.74, 6) is 1.37. The van der Waals surface area contributed by atoms with Gasteiger partial charge in [-0.15, -0.1) is 0 Å². The quantitative estimate of drug-likeness (QED) is 0.402. The summed E-state index contributed by atoms with van der Waals surface area (Å²) >= 11 is 5.88. The minimum Gasteiger partial charge on any atom is -0.453 e.